The van der Waals surface area contributed by atoms with Gasteiger partial charge in [0, 0.05) is 17.8 Å². The van der Waals surface area contributed by atoms with Crippen LogP contribution >= 0.6 is 0 Å². The van der Waals surface area contributed by atoms with Gasteiger partial charge >= 0.3 is 5.97 Å². The van der Waals surface area contributed by atoms with E-state index in [4.69, 9.17) is 18.9 Å². The van der Waals surface area contributed by atoms with Crippen molar-refractivity contribution < 1.29 is 28.8 Å². The molecule has 6 nitrogen and oxygen atoms in total. The second kappa shape index (κ2) is 6.81. The van der Waals surface area contributed by atoms with E-state index in [1.807, 2.05) is 44.2 Å². The Morgan fingerprint density at radius 1 is 1.15 bits per heavy atom. The molecule has 0 radical (unpaired) electrons. The zero-order valence-corrected chi connectivity index (χ0v) is 20.1. The van der Waals surface area contributed by atoms with Crippen molar-refractivity contribution in [2.24, 2.45) is 16.7 Å². The van der Waals surface area contributed by atoms with Crippen LogP contribution in [0, 0.1) is 16.7 Å². The van der Waals surface area contributed by atoms with E-state index in [0.717, 1.165) is 31.2 Å². The van der Waals surface area contributed by atoms with Crippen LogP contribution in [-0.4, -0.2) is 52.8 Å². The lowest BCUT2D eigenvalue weighted by atomic mass is 9.43. The Labute approximate surface area is 195 Å². The first kappa shape index (κ1) is 22.0. The van der Waals surface area contributed by atoms with Gasteiger partial charge in [-0.15, -0.1) is 0 Å². The molecule has 5 fully saturated rings. The van der Waals surface area contributed by atoms with Crippen LogP contribution in [0.25, 0.3) is 0 Å². The number of cyclic esters (lactones) is 1. The minimum atomic E-state index is -0.699. The minimum absolute atomic E-state index is 0.0798. The molecule has 1 aromatic carbocycles. The minimum Gasteiger partial charge on any atom is -0.465 e. The number of hydrogen-bond donors (Lipinski definition) is 1. The van der Waals surface area contributed by atoms with Gasteiger partial charge in [0.1, 0.15) is 17.3 Å². The number of ether oxygens (including phenoxy) is 4. The standard InChI is InChI=1S/C27H36O6/c1-23(2,31-15-17-8-6-5-7-9-17)21-19(28)14-26-20(32-21)11-12-24(3)25(4)18(16-30-22(25)29)10-13-27(24,26)33-26/h5-9,18-21,28H,10-16H2,1-4H3/t18-,19+,20-,21-,24+,25+,26+,27-/m0/s1. The van der Waals surface area contributed by atoms with Crippen LogP contribution < -0.4 is 0 Å². The SMILES string of the molecule is CC(C)(OCc1ccccc1)[C@H]1O[C@H]2CC[C@@]3(C)[C@]4(CC[C@H]5COC(=O)[C@@]53C)O[C@]24C[C@H]1O. The molecule has 0 amide bonds. The van der Waals surface area contributed by atoms with Crippen molar-refractivity contribution in [2.45, 2.75) is 102 Å². The summed E-state index contributed by atoms with van der Waals surface area (Å²) in [5.74, 6) is 0.162. The molecule has 3 aliphatic heterocycles. The van der Waals surface area contributed by atoms with E-state index in [-0.39, 0.29) is 23.4 Å². The molecule has 6 heteroatoms. The molecule has 180 valence electrons. The Bertz CT molecular complexity index is 963. The van der Waals surface area contributed by atoms with Crippen LogP contribution in [0.15, 0.2) is 30.3 Å². The Morgan fingerprint density at radius 3 is 2.67 bits per heavy atom. The number of epoxide rings is 1. The van der Waals surface area contributed by atoms with Gasteiger partial charge in [0.2, 0.25) is 0 Å². The zero-order valence-electron chi connectivity index (χ0n) is 20.1. The quantitative estimate of drug-likeness (QED) is 0.549. The molecule has 2 aliphatic carbocycles. The molecule has 2 saturated carbocycles. The van der Waals surface area contributed by atoms with Crippen LogP contribution in [0.2, 0.25) is 0 Å². The van der Waals surface area contributed by atoms with E-state index in [9.17, 15) is 9.90 Å². The van der Waals surface area contributed by atoms with E-state index in [2.05, 4.69) is 13.8 Å². The summed E-state index contributed by atoms with van der Waals surface area (Å²) < 4.78 is 25.2. The summed E-state index contributed by atoms with van der Waals surface area (Å²) in [4.78, 5) is 13.0. The van der Waals surface area contributed by atoms with Crippen LogP contribution in [0.5, 0.6) is 0 Å². The predicted octanol–water partition coefficient (Wildman–Crippen LogP) is 3.78. The summed E-state index contributed by atoms with van der Waals surface area (Å²) in [5, 5.41) is 11.3. The molecule has 0 aromatic heterocycles. The molecule has 8 atom stereocenters. The summed E-state index contributed by atoms with van der Waals surface area (Å²) in [5.41, 5.74) is -1.38. The second-order valence-corrected chi connectivity index (χ2v) is 11.9. The number of benzene rings is 1. The Balaban J connectivity index is 1.24. The number of esters is 1. The first-order valence-electron chi connectivity index (χ1n) is 12.5. The first-order valence-corrected chi connectivity index (χ1v) is 12.5. The van der Waals surface area contributed by atoms with E-state index in [1.165, 1.54) is 0 Å². The Morgan fingerprint density at radius 2 is 1.91 bits per heavy atom. The van der Waals surface area contributed by atoms with Crippen molar-refractivity contribution in [1.29, 1.82) is 0 Å². The van der Waals surface area contributed by atoms with Gasteiger partial charge in [0.05, 0.1) is 36.4 Å². The number of hydrogen-bond acceptors (Lipinski definition) is 6. The zero-order chi connectivity index (χ0) is 23.3. The molecule has 0 bridgehead atoms. The maximum Gasteiger partial charge on any atom is 0.312 e. The van der Waals surface area contributed by atoms with Gasteiger partial charge in [-0.05, 0) is 52.0 Å². The average molecular weight is 457 g/mol. The number of fused-ring (bicyclic) bond motifs is 2. The summed E-state index contributed by atoms with van der Waals surface area (Å²) in [6.07, 6.45) is 2.76. The molecule has 3 heterocycles. The van der Waals surface area contributed by atoms with E-state index in [1.54, 1.807) is 0 Å². The summed E-state index contributed by atoms with van der Waals surface area (Å²) in [7, 11) is 0. The van der Waals surface area contributed by atoms with E-state index >= 15 is 0 Å². The molecule has 5 aliphatic rings. The molecular weight excluding hydrogens is 420 g/mol. The smallest absolute Gasteiger partial charge is 0.312 e. The Kier molecular flexibility index (Phi) is 4.54. The van der Waals surface area contributed by atoms with Gasteiger partial charge < -0.3 is 24.1 Å². The lowest BCUT2D eigenvalue weighted by Crippen LogP contribution is -2.67. The molecule has 2 spiro atoms. The van der Waals surface area contributed by atoms with Crippen LogP contribution in [0.4, 0.5) is 0 Å². The average Bonchev–Trinajstić information content (AvgIpc) is 3.35. The van der Waals surface area contributed by atoms with E-state index in [0.29, 0.717) is 19.6 Å². The summed E-state index contributed by atoms with van der Waals surface area (Å²) in [6, 6.07) is 10.1. The van der Waals surface area contributed by atoms with Gasteiger partial charge in [-0.1, -0.05) is 37.3 Å². The fraction of sp³-hybridized carbons (Fsp3) is 0.741. The fourth-order valence-corrected chi connectivity index (χ4v) is 8.10. The van der Waals surface area contributed by atoms with Gasteiger partial charge in [-0.2, -0.15) is 0 Å². The normalized spacial score (nSPS) is 48.2. The number of carbonyl (C=O) groups excluding carboxylic acids is 1. The van der Waals surface area contributed by atoms with Gasteiger partial charge in [0.15, 0.2) is 0 Å². The van der Waals surface area contributed by atoms with Gasteiger partial charge in [-0.25, -0.2) is 0 Å². The van der Waals surface area contributed by atoms with Crippen molar-refractivity contribution in [2.75, 3.05) is 6.61 Å². The van der Waals surface area contributed by atoms with Crippen LogP contribution in [0.3, 0.4) is 0 Å². The molecule has 33 heavy (non-hydrogen) atoms. The molecule has 3 saturated heterocycles. The summed E-state index contributed by atoms with van der Waals surface area (Å²) in [6.45, 7) is 9.30. The van der Waals surface area contributed by atoms with Crippen LogP contribution in [-0.2, 0) is 30.3 Å². The topological polar surface area (TPSA) is 77.5 Å². The largest absolute Gasteiger partial charge is 0.465 e. The van der Waals surface area contributed by atoms with Crippen molar-refractivity contribution >= 4 is 5.97 Å². The maximum atomic E-state index is 13.0. The fourth-order valence-electron chi connectivity index (χ4n) is 8.10. The third kappa shape index (κ3) is 2.61. The third-order valence-corrected chi connectivity index (χ3v) is 10.3. The van der Waals surface area contributed by atoms with Crippen molar-refractivity contribution in [3.63, 3.8) is 0 Å². The highest BCUT2D eigenvalue weighted by molar-refractivity contribution is 5.81. The molecular formula is C27H36O6. The number of aliphatic hydroxyl groups excluding tert-OH is 1. The Hall–Kier alpha value is -1.47. The van der Waals surface area contributed by atoms with Crippen molar-refractivity contribution in [1.82, 2.24) is 0 Å². The van der Waals surface area contributed by atoms with Crippen LogP contribution in [0.1, 0.15) is 65.4 Å². The first-order chi connectivity index (χ1) is 15.6. The second-order valence-electron chi connectivity index (χ2n) is 11.9. The van der Waals surface area contributed by atoms with Gasteiger partial charge in [-0.3, -0.25) is 4.79 Å². The monoisotopic (exact) mass is 456 g/mol. The molecule has 6 rings (SSSR count). The van der Waals surface area contributed by atoms with Gasteiger partial charge in [0.25, 0.3) is 0 Å². The predicted molar refractivity (Wildman–Crippen MR) is 120 cm³/mol. The number of rotatable bonds is 4. The third-order valence-electron chi connectivity index (χ3n) is 10.3. The molecule has 0 unspecified atom stereocenters. The van der Waals surface area contributed by atoms with Crippen molar-refractivity contribution in [3.05, 3.63) is 35.9 Å². The highest BCUT2D eigenvalue weighted by Crippen LogP contribution is 2.79. The lowest BCUT2D eigenvalue weighted by molar-refractivity contribution is -0.237. The highest BCUT2D eigenvalue weighted by Gasteiger charge is 2.88. The molecule has 1 aromatic rings. The van der Waals surface area contributed by atoms with Crippen molar-refractivity contribution in [3.8, 4) is 0 Å². The summed E-state index contributed by atoms with van der Waals surface area (Å²) >= 11 is 0. The number of aliphatic hydroxyl groups is 1. The van der Waals surface area contributed by atoms with E-state index < -0.39 is 34.4 Å². The molecule has 1 N–H and O–H groups in total. The highest BCUT2D eigenvalue weighted by atomic mass is 16.7. The lowest BCUT2D eigenvalue weighted by Gasteiger charge is -2.58. The number of carbonyl (C=O) groups is 1. The maximum absolute atomic E-state index is 13.0.